The highest BCUT2D eigenvalue weighted by Gasteiger charge is 2.14. The Bertz CT molecular complexity index is 636. The van der Waals surface area contributed by atoms with Gasteiger partial charge in [-0.25, -0.2) is 4.99 Å². The first-order valence-corrected chi connectivity index (χ1v) is 7.88. The van der Waals surface area contributed by atoms with Crippen LogP contribution in [0.5, 0.6) is 0 Å². The maximum Gasteiger partial charge on any atom is 0.189 e. The molecule has 0 aliphatic heterocycles. The van der Waals surface area contributed by atoms with Crippen LogP contribution in [0, 0.1) is 0 Å². The van der Waals surface area contributed by atoms with E-state index in [9.17, 15) is 0 Å². The maximum absolute atomic E-state index is 5.98. The molecule has 2 aromatic rings. The number of hydrogen-bond donors (Lipinski definition) is 2. The fraction of sp³-hybridized carbons (Fsp3) is 0.333. The zero-order valence-corrected chi connectivity index (χ0v) is 15.4. The molecule has 1 saturated carbocycles. The van der Waals surface area contributed by atoms with E-state index in [2.05, 4.69) is 33.5 Å². The van der Waals surface area contributed by atoms with Gasteiger partial charge < -0.3 is 11.1 Å². The van der Waals surface area contributed by atoms with Gasteiger partial charge in [-0.05, 0) is 36.6 Å². The van der Waals surface area contributed by atoms with E-state index in [1.807, 2.05) is 30.5 Å². The summed E-state index contributed by atoms with van der Waals surface area (Å²) in [6, 6.07) is 14.7. The van der Waals surface area contributed by atoms with Gasteiger partial charge >= 0.3 is 0 Å². The van der Waals surface area contributed by atoms with Crippen LogP contribution in [0.4, 0.5) is 0 Å². The molecule has 3 N–H and O–H groups in total. The second-order valence-corrected chi connectivity index (χ2v) is 5.74. The quantitative estimate of drug-likeness (QED) is 0.449. The van der Waals surface area contributed by atoms with Gasteiger partial charge in [0.2, 0.25) is 0 Å². The third kappa shape index (κ3) is 5.20. The van der Waals surface area contributed by atoms with Crippen LogP contribution < -0.4 is 11.1 Å². The first-order valence-electron chi connectivity index (χ1n) is 7.88. The van der Waals surface area contributed by atoms with Crippen molar-refractivity contribution in [2.24, 2.45) is 10.7 Å². The van der Waals surface area contributed by atoms with E-state index in [-0.39, 0.29) is 24.0 Å². The lowest BCUT2D eigenvalue weighted by Gasteiger charge is -2.12. The van der Waals surface area contributed by atoms with Crippen LogP contribution in [0.3, 0.4) is 0 Å². The Kier molecular flexibility index (Phi) is 6.83. The molecule has 0 atom stereocenters. The highest BCUT2D eigenvalue weighted by atomic mass is 127. The van der Waals surface area contributed by atoms with Crippen molar-refractivity contribution < 1.29 is 0 Å². The van der Waals surface area contributed by atoms with Gasteiger partial charge in [0.15, 0.2) is 5.96 Å². The molecule has 0 bridgehead atoms. The molecule has 4 nitrogen and oxygen atoms in total. The van der Waals surface area contributed by atoms with Gasteiger partial charge in [0, 0.05) is 17.8 Å². The van der Waals surface area contributed by atoms with Crippen LogP contribution >= 0.6 is 24.0 Å². The minimum absolute atomic E-state index is 0. The summed E-state index contributed by atoms with van der Waals surface area (Å²) in [5.41, 5.74) is 9.20. The number of nitrogens with one attached hydrogen (secondary N) is 1. The molecule has 1 heterocycles. The smallest absolute Gasteiger partial charge is 0.189 e. The molecular weight excluding hydrogens is 399 g/mol. The number of benzene rings is 1. The van der Waals surface area contributed by atoms with Crippen LogP contribution in [-0.2, 0) is 6.54 Å². The average Bonchev–Trinajstić information content (AvgIpc) is 3.07. The standard InChI is InChI=1S/C18H22N4.HI/c19-18(22-16-8-1-2-9-16)21-13-14-6-5-7-15(12-14)17-10-3-4-11-20-17;/h3-7,10-12,16H,1-2,8-9,13H2,(H3,19,21,22);1H. The van der Waals surface area contributed by atoms with Gasteiger partial charge in [-0.3, -0.25) is 4.98 Å². The van der Waals surface area contributed by atoms with Crippen LogP contribution in [0.15, 0.2) is 53.7 Å². The molecule has 5 heteroatoms. The van der Waals surface area contributed by atoms with Crippen molar-refractivity contribution in [3.05, 3.63) is 54.2 Å². The largest absolute Gasteiger partial charge is 0.370 e. The van der Waals surface area contributed by atoms with E-state index >= 15 is 0 Å². The monoisotopic (exact) mass is 422 g/mol. The van der Waals surface area contributed by atoms with E-state index in [4.69, 9.17) is 5.73 Å². The molecule has 1 aliphatic rings. The number of pyridine rings is 1. The molecular formula is C18H23IN4. The average molecular weight is 422 g/mol. The molecule has 0 amide bonds. The summed E-state index contributed by atoms with van der Waals surface area (Å²) in [6.07, 6.45) is 6.79. The Morgan fingerprint density at radius 3 is 2.74 bits per heavy atom. The highest BCUT2D eigenvalue weighted by molar-refractivity contribution is 14.0. The third-order valence-corrected chi connectivity index (χ3v) is 4.03. The first-order chi connectivity index (χ1) is 10.8. The summed E-state index contributed by atoms with van der Waals surface area (Å²) in [6.45, 7) is 0.590. The number of nitrogens with two attached hydrogens (primary N) is 1. The molecule has 0 spiro atoms. The summed E-state index contributed by atoms with van der Waals surface area (Å²) in [5.74, 6) is 0.551. The number of aromatic nitrogens is 1. The van der Waals surface area contributed by atoms with Crippen molar-refractivity contribution in [1.82, 2.24) is 10.3 Å². The normalized spacial score (nSPS) is 15.2. The predicted molar refractivity (Wildman–Crippen MR) is 106 cm³/mol. The van der Waals surface area contributed by atoms with Crippen molar-refractivity contribution in [1.29, 1.82) is 0 Å². The fourth-order valence-electron chi connectivity index (χ4n) is 2.86. The summed E-state index contributed by atoms with van der Waals surface area (Å²) in [5, 5.41) is 3.31. The Morgan fingerprint density at radius 1 is 1.17 bits per heavy atom. The van der Waals surface area contributed by atoms with Crippen molar-refractivity contribution in [2.75, 3.05) is 0 Å². The molecule has 0 radical (unpaired) electrons. The Balaban J connectivity index is 0.00000192. The van der Waals surface area contributed by atoms with E-state index in [1.54, 1.807) is 0 Å². The first kappa shape index (κ1) is 17.7. The molecule has 1 fully saturated rings. The number of hydrogen-bond acceptors (Lipinski definition) is 2. The molecule has 23 heavy (non-hydrogen) atoms. The van der Waals surface area contributed by atoms with Gasteiger partial charge in [0.25, 0.3) is 0 Å². The Labute approximate surface area is 154 Å². The summed E-state index contributed by atoms with van der Waals surface area (Å²) < 4.78 is 0. The van der Waals surface area contributed by atoms with E-state index in [0.29, 0.717) is 18.5 Å². The van der Waals surface area contributed by atoms with Crippen molar-refractivity contribution >= 4 is 29.9 Å². The molecule has 0 unspecified atom stereocenters. The highest BCUT2D eigenvalue weighted by Crippen LogP contribution is 2.19. The van der Waals surface area contributed by atoms with Crippen molar-refractivity contribution in [3.8, 4) is 11.3 Å². The SMILES string of the molecule is I.NC(=NCc1cccc(-c2ccccn2)c1)NC1CCCC1. The van der Waals surface area contributed by atoms with Gasteiger partial charge in [0.05, 0.1) is 12.2 Å². The number of rotatable bonds is 4. The maximum atomic E-state index is 5.98. The predicted octanol–water partition coefficient (Wildman–Crippen LogP) is 3.71. The summed E-state index contributed by atoms with van der Waals surface area (Å²) >= 11 is 0. The van der Waals surface area contributed by atoms with Crippen LogP contribution in [0.2, 0.25) is 0 Å². The number of guanidine groups is 1. The van der Waals surface area contributed by atoms with Crippen molar-refractivity contribution in [3.63, 3.8) is 0 Å². The minimum Gasteiger partial charge on any atom is -0.370 e. The molecule has 1 aromatic carbocycles. The van der Waals surface area contributed by atoms with Gasteiger partial charge in [-0.1, -0.05) is 37.1 Å². The van der Waals surface area contributed by atoms with E-state index < -0.39 is 0 Å². The Hall–Kier alpha value is -1.63. The second-order valence-electron chi connectivity index (χ2n) is 5.74. The molecule has 122 valence electrons. The summed E-state index contributed by atoms with van der Waals surface area (Å²) in [4.78, 5) is 8.84. The number of nitrogens with zero attached hydrogens (tertiary/aromatic N) is 2. The van der Waals surface area contributed by atoms with E-state index in [0.717, 1.165) is 16.8 Å². The van der Waals surface area contributed by atoms with Gasteiger partial charge in [0.1, 0.15) is 0 Å². The topological polar surface area (TPSA) is 63.3 Å². The van der Waals surface area contributed by atoms with Crippen LogP contribution in [0.1, 0.15) is 31.2 Å². The molecule has 3 rings (SSSR count). The second kappa shape index (κ2) is 8.86. The molecule has 1 aliphatic carbocycles. The third-order valence-electron chi connectivity index (χ3n) is 4.03. The minimum atomic E-state index is 0. The zero-order valence-electron chi connectivity index (χ0n) is 13.1. The lowest BCUT2D eigenvalue weighted by atomic mass is 10.1. The van der Waals surface area contributed by atoms with Crippen LogP contribution in [0.25, 0.3) is 11.3 Å². The zero-order chi connectivity index (χ0) is 15.2. The van der Waals surface area contributed by atoms with Crippen LogP contribution in [-0.4, -0.2) is 17.0 Å². The number of halogens is 1. The number of aliphatic imine (C=N–C) groups is 1. The lowest BCUT2D eigenvalue weighted by molar-refractivity contribution is 0.625. The van der Waals surface area contributed by atoms with E-state index in [1.165, 1.54) is 25.7 Å². The van der Waals surface area contributed by atoms with Gasteiger partial charge in [-0.2, -0.15) is 0 Å². The Morgan fingerprint density at radius 2 is 2.00 bits per heavy atom. The van der Waals surface area contributed by atoms with Gasteiger partial charge in [-0.15, -0.1) is 24.0 Å². The molecule has 1 aromatic heterocycles. The summed E-state index contributed by atoms with van der Waals surface area (Å²) in [7, 11) is 0. The lowest BCUT2D eigenvalue weighted by Crippen LogP contribution is -2.38. The fourth-order valence-corrected chi connectivity index (χ4v) is 2.86. The van der Waals surface area contributed by atoms with Crippen molar-refractivity contribution in [2.45, 2.75) is 38.3 Å². The molecule has 0 saturated heterocycles.